The van der Waals surface area contributed by atoms with E-state index in [9.17, 15) is 18.0 Å². The lowest BCUT2D eigenvalue weighted by atomic mass is 9.96. The van der Waals surface area contributed by atoms with Gasteiger partial charge in [0.15, 0.2) is 5.52 Å². The Morgan fingerprint density at radius 1 is 1.20 bits per heavy atom. The van der Waals surface area contributed by atoms with Crippen molar-refractivity contribution in [2.45, 2.75) is 39.4 Å². The quantitative estimate of drug-likeness (QED) is 0.787. The Hall–Kier alpha value is -2.64. The van der Waals surface area contributed by atoms with Gasteiger partial charge in [-0.1, -0.05) is 36.8 Å². The largest absolute Gasteiger partial charge is 0.408 e. The molecule has 8 heteroatoms. The summed E-state index contributed by atoms with van der Waals surface area (Å²) in [4.78, 5) is 18.9. The number of nitrogens with zero attached hydrogens (tertiary/aromatic N) is 3. The number of aromatic amines is 1. The van der Waals surface area contributed by atoms with E-state index in [2.05, 4.69) is 15.1 Å². The monoisotopic (exact) mass is 350 g/mol. The highest BCUT2D eigenvalue weighted by atomic mass is 19.4. The molecule has 1 N–H and O–H groups in total. The van der Waals surface area contributed by atoms with Crippen LogP contribution in [0, 0.1) is 13.8 Å². The summed E-state index contributed by atoms with van der Waals surface area (Å²) in [6.07, 6.45) is -4.49. The molecule has 0 spiro atoms. The fourth-order valence-electron chi connectivity index (χ4n) is 2.81. The maximum Gasteiger partial charge on any atom is 0.408 e. The Morgan fingerprint density at radius 2 is 1.84 bits per heavy atom. The number of hydrogen-bond donors (Lipinski definition) is 1. The van der Waals surface area contributed by atoms with E-state index < -0.39 is 18.3 Å². The van der Waals surface area contributed by atoms with Gasteiger partial charge in [0.25, 0.3) is 5.56 Å². The molecule has 3 aromatic rings. The zero-order valence-corrected chi connectivity index (χ0v) is 14.0. The highest BCUT2D eigenvalue weighted by Crippen LogP contribution is 2.29. The number of aromatic nitrogens is 4. The summed E-state index contributed by atoms with van der Waals surface area (Å²) in [6.45, 7) is 4.04. The molecule has 0 bridgehead atoms. The lowest BCUT2D eigenvalue weighted by molar-refractivity contribution is -0.141. The van der Waals surface area contributed by atoms with Crippen molar-refractivity contribution >= 4 is 11.0 Å². The molecule has 0 fully saturated rings. The number of H-pyrrole nitrogens is 1. The van der Waals surface area contributed by atoms with Gasteiger partial charge >= 0.3 is 6.18 Å². The van der Waals surface area contributed by atoms with E-state index in [0.717, 1.165) is 11.1 Å². The van der Waals surface area contributed by atoms with Crippen molar-refractivity contribution in [3.8, 4) is 0 Å². The average Bonchev–Trinajstić information content (AvgIpc) is 2.83. The number of fused-ring (bicyclic) bond motifs is 1. The second kappa shape index (κ2) is 6.02. The molecule has 0 aliphatic carbocycles. The van der Waals surface area contributed by atoms with Gasteiger partial charge in [-0.2, -0.15) is 18.3 Å². The lowest BCUT2D eigenvalue weighted by Crippen LogP contribution is -2.22. The maximum atomic E-state index is 12.9. The van der Waals surface area contributed by atoms with E-state index in [0.29, 0.717) is 16.2 Å². The molecule has 0 radical (unpaired) electrons. The zero-order chi connectivity index (χ0) is 18.4. The number of halogens is 3. The summed E-state index contributed by atoms with van der Waals surface area (Å²) in [5, 5.41) is 4.09. The molecule has 0 amide bonds. The number of alkyl halides is 3. The van der Waals surface area contributed by atoms with Crippen LogP contribution in [0.25, 0.3) is 11.0 Å². The van der Waals surface area contributed by atoms with E-state index in [1.807, 2.05) is 38.1 Å². The summed E-state index contributed by atoms with van der Waals surface area (Å²) in [6, 6.07) is 7.64. The minimum atomic E-state index is -4.49. The van der Waals surface area contributed by atoms with Gasteiger partial charge < -0.3 is 4.98 Å². The molecule has 0 saturated carbocycles. The SMILES string of the molecule is Cc1ccc([C@H](C)c2nn(CC(F)(F)F)c3c(=O)[nH]c(C)nc23)cc1. The molecule has 0 aliphatic heterocycles. The Labute approximate surface area is 141 Å². The highest BCUT2D eigenvalue weighted by molar-refractivity contribution is 5.77. The normalized spacial score (nSPS) is 13.4. The number of rotatable bonds is 3. The van der Waals surface area contributed by atoms with Crippen molar-refractivity contribution in [1.82, 2.24) is 19.7 Å². The third kappa shape index (κ3) is 3.42. The molecule has 25 heavy (non-hydrogen) atoms. The second-order valence-electron chi connectivity index (χ2n) is 6.14. The molecule has 1 aromatic carbocycles. The van der Waals surface area contributed by atoms with E-state index in [1.54, 1.807) is 6.92 Å². The van der Waals surface area contributed by atoms with Gasteiger partial charge in [-0.3, -0.25) is 4.79 Å². The van der Waals surface area contributed by atoms with Crippen LogP contribution in [0.1, 0.15) is 35.5 Å². The van der Waals surface area contributed by atoms with Crippen LogP contribution in [-0.4, -0.2) is 25.9 Å². The van der Waals surface area contributed by atoms with Crippen LogP contribution in [0.4, 0.5) is 13.2 Å². The molecule has 0 unspecified atom stereocenters. The fourth-order valence-corrected chi connectivity index (χ4v) is 2.81. The third-order valence-electron chi connectivity index (χ3n) is 4.06. The van der Waals surface area contributed by atoms with E-state index in [4.69, 9.17) is 0 Å². The zero-order valence-electron chi connectivity index (χ0n) is 14.0. The van der Waals surface area contributed by atoms with Crippen LogP contribution in [0.2, 0.25) is 0 Å². The summed E-state index contributed by atoms with van der Waals surface area (Å²) in [7, 11) is 0. The van der Waals surface area contributed by atoms with Crippen LogP contribution >= 0.6 is 0 Å². The fraction of sp³-hybridized carbons (Fsp3) is 0.353. The number of aryl methyl sites for hydroxylation is 2. The standard InChI is InChI=1S/C17H17F3N4O/c1-9-4-6-12(7-5-9)10(2)13-14-15(16(25)22-11(3)21-14)24(23-13)8-17(18,19)20/h4-7,10H,8H2,1-3H3,(H,21,22,25)/t10-/m0/s1. The van der Waals surface area contributed by atoms with Crippen molar-refractivity contribution < 1.29 is 13.2 Å². The molecular formula is C17H17F3N4O. The van der Waals surface area contributed by atoms with Crippen molar-refractivity contribution in [3.63, 3.8) is 0 Å². The topological polar surface area (TPSA) is 63.6 Å². The van der Waals surface area contributed by atoms with E-state index in [1.165, 1.54) is 0 Å². The number of nitrogens with one attached hydrogen (secondary N) is 1. The van der Waals surface area contributed by atoms with Crippen molar-refractivity contribution in [2.24, 2.45) is 0 Å². The maximum absolute atomic E-state index is 12.9. The summed E-state index contributed by atoms with van der Waals surface area (Å²) >= 11 is 0. The van der Waals surface area contributed by atoms with Gasteiger partial charge in [0.05, 0.1) is 5.69 Å². The van der Waals surface area contributed by atoms with Crippen LogP contribution in [-0.2, 0) is 6.54 Å². The van der Waals surface area contributed by atoms with Crippen LogP contribution in [0.5, 0.6) is 0 Å². The number of benzene rings is 1. The molecule has 2 heterocycles. The van der Waals surface area contributed by atoms with Crippen molar-refractivity contribution in [3.05, 3.63) is 57.3 Å². The lowest BCUT2D eigenvalue weighted by Gasteiger charge is -2.10. The second-order valence-corrected chi connectivity index (χ2v) is 6.14. The summed E-state index contributed by atoms with van der Waals surface area (Å²) in [5.74, 6) is 0.0349. The predicted molar refractivity (Wildman–Crippen MR) is 87.6 cm³/mol. The Kier molecular flexibility index (Phi) is 4.14. The van der Waals surface area contributed by atoms with Gasteiger partial charge in [-0.25, -0.2) is 9.67 Å². The first-order valence-corrected chi connectivity index (χ1v) is 7.76. The Morgan fingerprint density at radius 3 is 2.44 bits per heavy atom. The van der Waals surface area contributed by atoms with Gasteiger partial charge in [-0.05, 0) is 19.4 Å². The molecule has 3 rings (SSSR count). The summed E-state index contributed by atoms with van der Waals surface area (Å²) < 4.78 is 39.3. The molecular weight excluding hydrogens is 333 g/mol. The van der Waals surface area contributed by atoms with E-state index in [-0.39, 0.29) is 17.0 Å². The smallest absolute Gasteiger partial charge is 0.309 e. The first-order valence-electron chi connectivity index (χ1n) is 7.76. The van der Waals surface area contributed by atoms with Gasteiger partial charge in [-0.15, -0.1) is 0 Å². The van der Waals surface area contributed by atoms with Gasteiger partial charge in [0, 0.05) is 5.92 Å². The highest BCUT2D eigenvalue weighted by Gasteiger charge is 2.31. The van der Waals surface area contributed by atoms with Crippen molar-refractivity contribution in [1.29, 1.82) is 0 Å². The van der Waals surface area contributed by atoms with E-state index >= 15 is 0 Å². The number of hydrogen-bond acceptors (Lipinski definition) is 3. The minimum absolute atomic E-state index is 0.156. The molecule has 0 saturated heterocycles. The molecule has 132 valence electrons. The predicted octanol–water partition coefficient (Wildman–Crippen LogP) is 3.45. The Balaban J connectivity index is 2.20. The Bertz CT molecular complexity index is 970. The molecule has 0 aliphatic rings. The molecule has 5 nitrogen and oxygen atoms in total. The third-order valence-corrected chi connectivity index (χ3v) is 4.06. The van der Waals surface area contributed by atoms with Crippen molar-refractivity contribution in [2.75, 3.05) is 0 Å². The average molecular weight is 350 g/mol. The van der Waals surface area contributed by atoms with Gasteiger partial charge in [0.2, 0.25) is 0 Å². The summed E-state index contributed by atoms with van der Waals surface area (Å²) in [5.41, 5.74) is 1.76. The first-order chi connectivity index (χ1) is 11.7. The van der Waals surface area contributed by atoms with Crippen LogP contribution < -0.4 is 5.56 Å². The minimum Gasteiger partial charge on any atom is -0.309 e. The van der Waals surface area contributed by atoms with Gasteiger partial charge in [0.1, 0.15) is 17.9 Å². The van der Waals surface area contributed by atoms with Crippen LogP contribution in [0.3, 0.4) is 0 Å². The van der Waals surface area contributed by atoms with Crippen LogP contribution in [0.15, 0.2) is 29.1 Å². The first kappa shape index (κ1) is 17.2. The molecule has 1 atom stereocenters. The molecule has 2 aromatic heterocycles.